The highest BCUT2D eigenvalue weighted by molar-refractivity contribution is 7.22. The van der Waals surface area contributed by atoms with E-state index in [0.29, 0.717) is 52.2 Å². The number of thiazole rings is 1. The highest BCUT2D eigenvalue weighted by atomic mass is 32.1. The molecule has 6 rings (SSSR count). The number of aliphatic hydroxyl groups excluding tert-OH is 1. The highest BCUT2D eigenvalue weighted by Gasteiger charge is 2.48. The molecule has 10 heteroatoms. The smallest absolute Gasteiger partial charge is 0.301 e. The maximum atomic E-state index is 13.7. The molecule has 1 fully saturated rings. The van der Waals surface area contributed by atoms with Gasteiger partial charge in [0.25, 0.3) is 5.78 Å². The third-order valence-corrected chi connectivity index (χ3v) is 8.03. The van der Waals surface area contributed by atoms with E-state index in [0.717, 1.165) is 10.3 Å². The molecule has 43 heavy (non-hydrogen) atoms. The molecule has 0 bridgehead atoms. The highest BCUT2D eigenvalue weighted by Crippen LogP contribution is 2.46. The molecule has 3 aromatic carbocycles. The number of hydrogen-bond acceptors (Lipinski definition) is 9. The minimum Gasteiger partial charge on any atom is -0.507 e. The lowest BCUT2D eigenvalue weighted by molar-refractivity contribution is -0.132. The molecule has 1 aliphatic rings. The van der Waals surface area contributed by atoms with E-state index in [1.807, 2.05) is 43.3 Å². The number of carbonyl (C=O) groups is 2. The van der Waals surface area contributed by atoms with E-state index in [2.05, 4.69) is 9.97 Å². The molecule has 5 aromatic rings. The fraction of sp³-hybridized carbons (Fsp3) is 0.152. The predicted molar refractivity (Wildman–Crippen MR) is 164 cm³/mol. The Labute approximate surface area is 251 Å². The van der Waals surface area contributed by atoms with Crippen molar-refractivity contribution in [1.29, 1.82) is 0 Å². The number of methoxy groups -OCH3 is 1. The summed E-state index contributed by atoms with van der Waals surface area (Å²) >= 11 is 1.25. The second-order valence-electron chi connectivity index (χ2n) is 9.65. The van der Waals surface area contributed by atoms with Crippen LogP contribution in [-0.2, 0) is 16.2 Å². The minimum absolute atomic E-state index is 0.0616. The Kier molecular flexibility index (Phi) is 7.76. The average Bonchev–Trinajstić information content (AvgIpc) is 3.58. The third-order valence-electron chi connectivity index (χ3n) is 7.01. The molecule has 1 amide bonds. The number of benzene rings is 3. The van der Waals surface area contributed by atoms with Gasteiger partial charge in [0.2, 0.25) is 0 Å². The van der Waals surface area contributed by atoms with Gasteiger partial charge in [-0.3, -0.25) is 19.5 Å². The first kappa shape index (κ1) is 27.9. The van der Waals surface area contributed by atoms with Crippen molar-refractivity contribution in [3.05, 3.63) is 114 Å². The molecule has 0 saturated carbocycles. The maximum absolute atomic E-state index is 13.7. The Morgan fingerprint density at radius 1 is 0.953 bits per heavy atom. The third kappa shape index (κ3) is 5.40. The second kappa shape index (κ2) is 11.9. The van der Waals surface area contributed by atoms with Gasteiger partial charge < -0.3 is 19.3 Å². The van der Waals surface area contributed by atoms with Gasteiger partial charge in [-0.05, 0) is 60.5 Å². The topological polar surface area (TPSA) is 111 Å². The van der Waals surface area contributed by atoms with E-state index < -0.39 is 17.7 Å². The van der Waals surface area contributed by atoms with Crippen LogP contribution in [0.25, 0.3) is 16.0 Å². The summed E-state index contributed by atoms with van der Waals surface area (Å²) in [7, 11) is 1.57. The molecule has 1 atom stereocenters. The number of hydrogen-bond donors (Lipinski definition) is 1. The summed E-state index contributed by atoms with van der Waals surface area (Å²) in [6, 6.07) is 22.6. The number of ketones is 1. The SMILES string of the molecule is CCOc1cc(C2C(=C(O)c3ccncc3)C(=O)C(=O)N2c2nc3ccc(OC)cc3s2)ccc1OCc1ccccc1. The molecule has 2 aromatic heterocycles. The zero-order valence-electron chi connectivity index (χ0n) is 23.4. The molecule has 3 heterocycles. The molecule has 0 spiro atoms. The summed E-state index contributed by atoms with van der Waals surface area (Å²) in [5, 5.41) is 11.7. The van der Waals surface area contributed by atoms with E-state index in [1.165, 1.54) is 28.6 Å². The van der Waals surface area contributed by atoms with Crippen LogP contribution in [-0.4, -0.2) is 40.5 Å². The Morgan fingerprint density at radius 3 is 2.49 bits per heavy atom. The van der Waals surface area contributed by atoms with Gasteiger partial charge in [-0.25, -0.2) is 4.98 Å². The lowest BCUT2D eigenvalue weighted by Gasteiger charge is -2.24. The van der Waals surface area contributed by atoms with Gasteiger partial charge in [-0.1, -0.05) is 47.7 Å². The fourth-order valence-corrected chi connectivity index (χ4v) is 5.97. The maximum Gasteiger partial charge on any atom is 0.301 e. The first-order chi connectivity index (χ1) is 21.0. The van der Waals surface area contributed by atoms with Crippen molar-refractivity contribution in [2.75, 3.05) is 18.6 Å². The van der Waals surface area contributed by atoms with Crippen molar-refractivity contribution in [3.63, 3.8) is 0 Å². The van der Waals surface area contributed by atoms with Gasteiger partial charge >= 0.3 is 5.91 Å². The van der Waals surface area contributed by atoms with E-state index >= 15 is 0 Å². The van der Waals surface area contributed by atoms with Crippen LogP contribution in [0.4, 0.5) is 5.13 Å². The number of ether oxygens (including phenoxy) is 3. The molecule has 9 nitrogen and oxygen atoms in total. The average molecular weight is 594 g/mol. The lowest BCUT2D eigenvalue weighted by Crippen LogP contribution is -2.29. The molecule has 1 saturated heterocycles. The number of Topliss-reactive ketones (excluding diaryl/α,β-unsaturated/α-hetero) is 1. The normalized spacial score (nSPS) is 16.0. The van der Waals surface area contributed by atoms with Crippen LogP contribution in [0.5, 0.6) is 17.2 Å². The van der Waals surface area contributed by atoms with E-state index in [1.54, 1.807) is 49.6 Å². The van der Waals surface area contributed by atoms with Crippen molar-refractivity contribution >= 4 is 44.1 Å². The van der Waals surface area contributed by atoms with Crippen LogP contribution >= 0.6 is 11.3 Å². The van der Waals surface area contributed by atoms with Crippen LogP contribution in [0, 0.1) is 0 Å². The van der Waals surface area contributed by atoms with E-state index in [-0.39, 0.29) is 11.3 Å². The molecule has 0 aliphatic carbocycles. The van der Waals surface area contributed by atoms with E-state index in [9.17, 15) is 14.7 Å². The van der Waals surface area contributed by atoms with Crippen molar-refractivity contribution in [3.8, 4) is 17.2 Å². The zero-order chi connectivity index (χ0) is 29.9. The van der Waals surface area contributed by atoms with Gasteiger partial charge in [0.15, 0.2) is 16.6 Å². The minimum atomic E-state index is -0.988. The van der Waals surface area contributed by atoms with Crippen molar-refractivity contribution in [2.45, 2.75) is 19.6 Å². The number of amides is 1. The number of pyridine rings is 1. The summed E-state index contributed by atoms with van der Waals surface area (Å²) in [5.41, 5.74) is 2.48. The summed E-state index contributed by atoms with van der Waals surface area (Å²) in [6.07, 6.45) is 3.01. The van der Waals surface area contributed by atoms with Crippen LogP contribution in [0.1, 0.15) is 29.7 Å². The number of carbonyl (C=O) groups excluding carboxylic acids is 2. The first-order valence-corrected chi connectivity index (χ1v) is 14.4. The number of anilines is 1. The van der Waals surface area contributed by atoms with Gasteiger partial charge in [0.1, 0.15) is 18.1 Å². The first-order valence-electron chi connectivity index (χ1n) is 13.6. The molecule has 216 valence electrons. The number of rotatable bonds is 9. The Hall–Kier alpha value is -5.22. The summed E-state index contributed by atoms with van der Waals surface area (Å²) in [5.74, 6) is -0.329. The fourth-order valence-electron chi connectivity index (χ4n) is 4.95. The Morgan fingerprint density at radius 2 is 1.74 bits per heavy atom. The van der Waals surface area contributed by atoms with Crippen molar-refractivity contribution in [1.82, 2.24) is 9.97 Å². The Balaban J connectivity index is 1.48. The number of fused-ring (bicyclic) bond motifs is 1. The standard InChI is InChI=1S/C33H27N3O6S/c1-3-41-26-17-22(9-12-25(26)42-19-20-7-5-4-6-8-20)29-28(30(37)21-13-15-34-16-14-21)31(38)32(39)36(29)33-35-24-11-10-23(40-2)18-27(24)43-33/h4-18,29,37H,3,19H2,1-2H3. The largest absolute Gasteiger partial charge is 0.507 e. The molecular weight excluding hydrogens is 566 g/mol. The quantitative estimate of drug-likeness (QED) is 0.120. The number of aromatic nitrogens is 2. The van der Waals surface area contributed by atoms with E-state index in [4.69, 9.17) is 14.2 Å². The molecule has 1 aliphatic heterocycles. The molecular formula is C33H27N3O6S. The van der Waals surface area contributed by atoms with Gasteiger partial charge in [-0.2, -0.15) is 0 Å². The second-order valence-corrected chi connectivity index (χ2v) is 10.7. The van der Waals surface area contributed by atoms with Crippen LogP contribution < -0.4 is 19.1 Å². The summed E-state index contributed by atoms with van der Waals surface area (Å²) in [4.78, 5) is 37.3. The summed E-state index contributed by atoms with van der Waals surface area (Å²) in [6.45, 7) is 2.55. The number of nitrogens with zero attached hydrogens (tertiary/aromatic N) is 3. The van der Waals surface area contributed by atoms with Gasteiger partial charge in [0, 0.05) is 18.0 Å². The van der Waals surface area contributed by atoms with Crippen molar-refractivity contribution < 1.29 is 28.9 Å². The van der Waals surface area contributed by atoms with Gasteiger partial charge in [-0.15, -0.1) is 0 Å². The van der Waals surface area contributed by atoms with Crippen LogP contribution in [0.15, 0.2) is 96.8 Å². The molecule has 1 unspecified atom stereocenters. The lowest BCUT2D eigenvalue weighted by atomic mass is 9.95. The summed E-state index contributed by atoms with van der Waals surface area (Å²) < 4.78 is 18.2. The predicted octanol–water partition coefficient (Wildman–Crippen LogP) is 6.30. The Bertz CT molecular complexity index is 1840. The monoisotopic (exact) mass is 593 g/mol. The number of aliphatic hydroxyl groups is 1. The van der Waals surface area contributed by atoms with Crippen LogP contribution in [0.3, 0.4) is 0 Å². The molecule has 1 N–H and O–H groups in total. The molecule has 0 radical (unpaired) electrons. The van der Waals surface area contributed by atoms with Crippen molar-refractivity contribution in [2.24, 2.45) is 0 Å². The van der Waals surface area contributed by atoms with Gasteiger partial charge in [0.05, 0.1) is 35.5 Å². The van der Waals surface area contributed by atoms with Crippen LogP contribution in [0.2, 0.25) is 0 Å². The zero-order valence-corrected chi connectivity index (χ0v) is 24.2.